The van der Waals surface area contributed by atoms with Gasteiger partial charge in [0.15, 0.2) is 0 Å². The maximum absolute atomic E-state index is 12.8. The quantitative estimate of drug-likeness (QED) is 0.789. The molecule has 1 aliphatic heterocycles. The van der Waals surface area contributed by atoms with Crippen molar-refractivity contribution in [1.82, 2.24) is 20.1 Å². The lowest BCUT2D eigenvalue weighted by molar-refractivity contribution is 0.0773. The number of H-pyrrole nitrogens is 1. The van der Waals surface area contributed by atoms with Gasteiger partial charge in [-0.2, -0.15) is 0 Å². The molecule has 7 nitrogen and oxygen atoms in total. The Hall–Kier alpha value is -3.09. The maximum atomic E-state index is 12.8. The van der Waals surface area contributed by atoms with Gasteiger partial charge in [-0.05, 0) is 6.07 Å². The Balaban J connectivity index is 1.43. The SMILES string of the molecule is COc1ccc(OC2CCN(C(=O)c3c[nH]c4ccccc34)C2)nn1. The van der Waals surface area contributed by atoms with Crippen LogP contribution < -0.4 is 9.47 Å². The first-order valence-corrected chi connectivity index (χ1v) is 8.14. The van der Waals surface area contributed by atoms with Gasteiger partial charge in [0, 0.05) is 42.2 Å². The summed E-state index contributed by atoms with van der Waals surface area (Å²) >= 11 is 0. The van der Waals surface area contributed by atoms with Gasteiger partial charge in [0.2, 0.25) is 11.8 Å². The van der Waals surface area contributed by atoms with E-state index in [2.05, 4.69) is 15.2 Å². The summed E-state index contributed by atoms with van der Waals surface area (Å²) in [6.45, 7) is 1.19. The highest BCUT2D eigenvalue weighted by atomic mass is 16.5. The number of amides is 1. The zero-order valence-electron chi connectivity index (χ0n) is 13.8. The van der Waals surface area contributed by atoms with Crippen LogP contribution in [0.1, 0.15) is 16.8 Å². The third-order valence-corrected chi connectivity index (χ3v) is 4.36. The molecule has 2 aromatic heterocycles. The summed E-state index contributed by atoms with van der Waals surface area (Å²) in [6, 6.07) is 11.2. The zero-order chi connectivity index (χ0) is 17.2. The van der Waals surface area contributed by atoms with Crippen molar-refractivity contribution in [1.29, 1.82) is 0 Å². The van der Waals surface area contributed by atoms with Crippen molar-refractivity contribution in [2.75, 3.05) is 20.2 Å². The van der Waals surface area contributed by atoms with Crippen molar-refractivity contribution in [2.24, 2.45) is 0 Å². The van der Waals surface area contributed by atoms with Crippen LogP contribution >= 0.6 is 0 Å². The van der Waals surface area contributed by atoms with Gasteiger partial charge < -0.3 is 19.4 Å². The summed E-state index contributed by atoms with van der Waals surface area (Å²) < 4.78 is 10.8. The predicted molar refractivity (Wildman–Crippen MR) is 91.8 cm³/mol. The van der Waals surface area contributed by atoms with Gasteiger partial charge in [0.05, 0.1) is 19.2 Å². The fourth-order valence-electron chi connectivity index (χ4n) is 3.08. The molecular weight excluding hydrogens is 320 g/mol. The van der Waals surface area contributed by atoms with Crippen LogP contribution in [0.3, 0.4) is 0 Å². The highest BCUT2D eigenvalue weighted by molar-refractivity contribution is 6.06. The number of fused-ring (bicyclic) bond motifs is 1. The van der Waals surface area contributed by atoms with Crippen molar-refractivity contribution in [2.45, 2.75) is 12.5 Å². The van der Waals surface area contributed by atoms with E-state index in [1.807, 2.05) is 29.2 Å². The van der Waals surface area contributed by atoms with Gasteiger partial charge in [-0.3, -0.25) is 4.79 Å². The molecule has 1 N–H and O–H groups in total. The number of nitrogens with zero attached hydrogens (tertiary/aromatic N) is 3. The molecule has 128 valence electrons. The van der Waals surface area contributed by atoms with E-state index in [0.29, 0.717) is 30.4 Å². The van der Waals surface area contributed by atoms with E-state index in [1.54, 1.807) is 18.3 Å². The molecule has 3 heterocycles. The molecule has 1 aromatic carbocycles. The van der Waals surface area contributed by atoms with E-state index in [9.17, 15) is 4.79 Å². The lowest BCUT2D eigenvalue weighted by Gasteiger charge is -2.16. The largest absolute Gasteiger partial charge is 0.480 e. The van der Waals surface area contributed by atoms with E-state index in [4.69, 9.17) is 9.47 Å². The average molecular weight is 338 g/mol. The van der Waals surface area contributed by atoms with E-state index in [1.165, 1.54) is 7.11 Å². The molecule has 1 atom stereocenters. The number of para-hydroxylation sites is 1. The molecule has 0 radical (unpaired) electrons. The predicted octanol–water partition coefficient (Wildman–Crippen LogP) is 2.26. The van der Waals surface area contributed by atoms with E-state index >= 15 is 0 Å². The topological polar surface area (TPSA) is 80.3 Å². The molecule has 4 rings (SSSR count). The van der Waals surface area contributed by atoms with Gasteiger partial charge in [-0.25, -0.2) is 0 Å². The second kappa shape index (κ2) is 6.43. The van der Waals surface area contributed by atoms with Crippen molar-refractivity contribution < 1.29 is 14.3 Å². The van der Waals surface area contributed by atoms with Gasteiger partial charge in [-0.1, -0.05) is 18.2 Å². The Morgan fingerprint density at radius 2 is 2.00 bits per heavy atom. The normalized spacial score (nSPS) is 17.0. The molecule has 0 saturated carbocycles. The molecule has 7 heteroatoms. The number of carbonyl (C=O) groups excluding carboxylic acids is 1. The minimum absolute atomic E-state index is 0.0179. The summed E-state index contributed by atoms with van der Waals surface area (Å²) in [5.41, 5.74) is 1.66. The van der Waals surface area contributed by atoms with Crippen LogP contribution in [0.4, 0.5) is 0 Å². The van der Waals surface area contributed by atoms with Gasteiger partial charge in [-0.15, -0.1) is 10.2 Å². The number of carbonyl (C=O) groups is 1. The smallest absolute Gasteiger partial charge is 0.256 e. The van der Waals surface area contributed by atoms with Gasteiger partial charge in [0.1, 0.15) is 6.10 Å². The Morgan fingerprint density at radius 1 is 1.20 bits per heavy atom. The molecule has 0 aliphatic carbocycles. The average Bonchev–Trinajstić information content (AvgIpc) is 3.29. The second-order valence-electron chi connectivity index (χ2n) is 5.94. The number of aromatic nitrogens is 3. The fraction of sp³-hybridized carbons (Fsp3) is 0.278. The summed E-state index contributed by atoms with van der Waals surface area (Å²) in [7, 11) is 1.54. The summed E-state index contributed by atoms with van der Waals surface area (Å²) in [4.78, 5) is 17.8. The summed E-state index contributed by atoms with van der Waals surface area (Å²) in [6.07, 6.45) is 2.45. The molecule has 25 heavy (non-hydrogen) atoms. The number of benzene rings is 1. The lowest BCUT2D eigenvalue weighted by atomic mass is 10.1. The van der Waals surface area contributed by atoms with Crippen LogP contribution in [0.15, 0.2) is 42.6 Å². The van der Waals surface area contributed by atoms with E-state index in [-0.39, 0.29) is 12.0 Å². The van der Waals surface area contributed by atoms with Crippen LogP contribution in [0.2, 0.25) is 0 Å². The number of nitrogens with one attached hydrogen (secondary N) is 1. The number of methoxy groups -OCH3 is 1. The maximum Gasteiger partial charge on any atom is 0.256 e. The summed E-state index contributed by atoms with van der Waals surface area (Å²) in [5, 5.41) is 8.80. The number of hydrogen-bond donors (Lipinski definition) is 1. The van der Waals surface area contributed by atoms with Crippen molar-refractivity contribution >= 4 is 16.8 Å². The summed E-state index contributed by atoms with van der Waals surface area (Å²) in [5.74, 6) is 0.895. The van der Waals surface area contributed by atoms with Crippen LogP contribution in [0.25, 0.3) is 10.9 Å². The third-order valence-electron chi connectivity index (χ3n) is 4.36. The fourth-order valence-corrected chi connectivity index (χ4v) is 3.08. The molecule has 0 bridgehead atoms. The molecule has 0 spiro atoms. The highest BCUT2D eigenvalue weighted by Gasteiger charge is 2.29. The first-order chi connectivity index (χ1) is 12.2. The molecule has 1 aliphatic rings. The van der Waals surface area contributed by atoms with Crippen molar-refractivity contribution in [3.8, 4) is 11.8 Å². The Kier molecular flexibility index (Phi) is 3.97. The minimum Gasteiger partial charge on any atom is -0.480 e. The first-order valence-electron chi connectivity index (χ1n) is 8.14. The number of likely N-dealkylation sites (tertiary alicyclic amines) is 1. The van der Waals surface area contributed by atoms with E-state index < -0.39 is 0 Å². The van der Waals surface area contributed by atoms with Crippen molar-refractivity contribution in [3.63, 3.8) is 0 Å². The molecular formula is C18H18N4O3. The van der Waals surface area contributed by atoms with Gasteiger partial charge >= 0.3 is 0 Å². The van der Waals surface area contributed by atoms with E-state index in [0.717, 1.165) is 17.3 Å². The van der Waals surface area contributed by atoms with Crippen LogP contribution in [-0.2, 0) is 0 Å². The first kappa shape index (κ1) is 15.4. The Bertz CT molecular complexity index is 891. The number of ether oxygens (including phenoxy) is 2. The van der Waals surface area contributed by atoms with Gasteiger partial charge in [0.25, 0.3) is 5.91 Å². The molecule has 1 amide bonds. The molecule has 1 unspecified atom stereocenters. The van der Waals surface area contributed by atoms with Crippen molar-refractivity contribution in [3.05, 3.63) is 48.2 Å². The Morgan fingerprint density at radius 3 is 2.80 bits per heavy atom. The molecule has 3 aromatic rings. The molecule has 1 saturated heterocycles. The number of rotatable bonds is 4. The zero-order valence-corrected chi connectivity index (χ0v) is 13.8. The standard InChI is InChI=1S/C18H18N4O3/c1-24-16-6-7-17(21-20-16)25-12-8-9-22(11-12)18(23)14-10-19-15-5-3-2-4-13(14)15/h2-7,10,12,19H,8-9,11H2,1H3. The monoisotopic (exact) mass is 338 g/mol. The Labute approximate surface area is 144 Å². The lowest BCUT2D eigenvalue weighted by Crippen LogP contribution is -2.30. The van der Waals surface area contributed by atoms with Crippen LogP contribution in [0, 0.1) is 0 Å². The van der Waals surface area contributed by atoms with Crippen LogP contribution in [-0.4, -0.2) is 52.3 Å². The minimum atomic E-state index is -0.0862. The number of aromatic amines is 1. The van der Waals surface area contributed by atoms with Crippen LogP contribution in [0.5, 0.6) is 11.8 Å². The second-order valence-corrected chi connectivity index (χ2v) is 5.94. The molecule has 1 fully saturated rings. The number of hydrogen-bond acceptors (Lipinski definition) is 5. The highest BCUT2D eigenvalue weighted by Crippen LogP contribution is 2.23. The third kappa shape index (κ3) is 3.00.